The van der Waals surface area contributed by atoms with Crippen LogP contribution in [-0.2, 0) is 59.1 Å². The van der Waals surface area contributed by atoms with E-state index >= 15 is 0 Å². The molecule has 0 aromatic carbocycles. The third kappa shape index (κ3) is 19.6. The number of nitrogens with two attached hydrogens (primary N) is 3. The zero-order chi connectivity index (χ0) is 53.6. The second-order valence-electron chi connectivity index (χ2n) is 17.7. The third-order valence-corrected chi connectivity index (χ3v) is 15.5. The summed E-state index contributed by atoms with van der Waals surface area (Å²) in [6.07, 6.45) is 2.01. The predicted molar refractivity (Wildman–Crippen MR) is 264 cm³/mol. The van der Waals surface area contributed by atoms with Gasteiger partial charge in [0.1, 0.15) is 23.9 Å². The number of ketones is 1. The van der Waals surface area contributed by atoms with Crippen LogP contribution >= 0.6 is 11.8 Å². The SMILES string of the molecule is CC/C(=C\C=C\C1(SCCCCN)NC(=O)[C@H]([C@@H](C)[C@@H](O)CO)NC(=O)[C@@H]2C[C@@H](O)CN2C(=O)[C@H](CCC(N)=O)NC(=O)[C@@H](NC(=O)CNC(=O)[C@@H](CC(=O)CNC(C)=O)[C@@H](C)CC)C[S+]([O-])C1N)OC. The van der Waals surface area contributed by atoms with Crippen LogP contribution in [0.4, 0.5) is 0 Å². The first kappa shape index (κ1) is 62.3. The Morgan fingerprint density at radius 2 is 1.75 bits per heavy atom. The van der Waals surface area contributed by atoms with Gasteiger partial charge < -0.3 is 72.9 Å². The van der Waals surface area contributed by atoms with Gasteiger partial charge in [0.25, 0.3) is 0 Å². The van der Waals surface area contributed by atoms with Gasteiger partial charge in [0.2, 0.25) is 52.6 Å². The summed E-state index contributed by atoms with van der Waals surface area (Å²) in [5.74, 6) is -10.0. The number of Topliss-reactive ketones (excluding diaryl/α,β-unsaturated/α-hetero) is 1. The number of unbranched alkanes of at least 4 members (excludes halogenated alkanes) is 1. The van der Waals surface area contributed by atoms with E-state index in [2.05, 4.69) is 31.9 Å². The molecule has 2 aliphatic heterocycles. The molecule has 26 heteroatoms. The van der Waals surface area contributed by atoms with Crippen molar-refractivity contribution in [3.63, 3.8) is 0 Å². The van der Waals surface area contributed by atoms with Crippen molar-refractivity contribution in [2.45, 2.75) is 133 Å². The standard InChI is InChI=1S/C45H76N10O14S2/c1-7-25(3)31(18-28(58)20-49-27(5)57)39(63)50-21-37(62)51-33-24-71(68)44(48)45(70-17-10-9-16-46,15-11-12-30(8-2)69-6)54-42(66)38(26(4)35(60)23-56)53-41(65)34-19-29(59)22-55(34)43(67)32(52-40(33)64)13-14-36(47)61/h11-12,15,25-26,29,31-35,38,44,56,59-60H,7-10,13-14,16-24,46,48H2,1-6H3,(H2,47,61)(H,49,57)(H,50,63)(H,51,62)(H,52,64)(H,53,65)(H,54,66)/b15-11+,30-12+/t25-,26-,29+,31-,32-,33-,34-,35-,38-,44?,45?,71?/m0/s1. The Bertz CT molecular complexity index is 1910. The van der Waals surface area contributed by atoms with Crippen LogP contribution in [0.1, 0.15) is 86.0 Å². The molecular formula is C45H76N10O14S2. The van der Waals surface area contributed by atoms with Gasteiger partial charge in [-0.3, -0.25) is 48.9 Å². The van der Waals surface area contributed by atoms with Gasteiger partial charge in [-0.15, -0.1) is 11.8 Å². The fourth-order valence-electron chi connectivity index (χ4n) is 7.72. The maximum absolute atomic E-state index is 14.9. The van der Waals surface area contributed by atoms with Crippen molar-refractivity contribution in [2.24, 2.45) is 35.0 Å². The summed E-state index contributed by atoms with van der Waals surface area (Å²) in [6, 6.07) is -6.62. The number of fused-ring (bicyclic) bond motifs is 1. The Balaban J connectivity index is 2.87. The molecule has 2 saturated heterocycles. The smallest absolute Gasteiger partial charge is 0.248 e. The summed E-state index contributed by atoms with van der Waals surface area (Å²) in [6.45, 7) is 5.90. The van der Waals surface area contributed by atoms with Crippen molar-refractivity contribution in [3.8, 4) is 0 Å². The van der Waals surface area contributed by atoms with E-state index < -0.39 is 161 Å². The van der Waals surface area contributed by atoms with Crippen LogP contribution in [0.15, 0.2) is 24.0 Å². The molecule has 2 rings (SSSR count). The number of nitrogens with one attached hydrogen (secondary N) is 6. The summed E-state index contributed by atoms with van der Waals surface area (Å²) in [5.41, 5.74) is 18.2. The van der Waals surface area contributed by atoms with Gasteiger partial charge in [-0.05, 0) is 60.8 Å². The molecule has 2 fully saturated rings. The third-order valence-electron chi connectivity index (χ3n) is 12.3. The zero-order valence-corrected chi connectivity index (χ0v) is 43.1. The molecule has 2 heterocycles. The molecule has 0 aliphatic carbocycles. The summed E-state index contributed by atoms with van der Waals surface area (Å²) in [5, 5.41) is 45.2. The van der Waals surface area contributed by atoms with Crippen LogP contribution < -0.4 is 49.1 Å². The van der Waals surface area contributed by atoms with Gasteiger partial charge in [0.05, 0.1) is 44.8 Å². The molecule has 0 aromatic rings. The van der Waals surface area contributed by atoms with E-state index in [9.17, 15) is 63.0 Å². The van der Waals surface area contributed by atoms with Crippen molar-refractivity contribution in [3.05, 3.63) is 24.0 Å². The number of hydrogen-bond donors (Lipinski definition) is 12. The van der Waals surface area contributed by atoms with E-state index in [0.717, 1.165) is 16.7 Å². The van der Waals surface area contributed by atoms with Gasteiger partial charge in [-0.2, -0.15) is 0 Å². The number of carbonyl (C=O) groups excluding carboxylic acids is 9. The molecule has 24 nitrogen and oxygen atoms in total. The summed E-state index contributed by atoms with van der Waals surface area (Å²) < 4.78 is 20.3. The lowest BCUT2D eigenvalue weighted by molar-refractivity contribution is -0.143. The molecule has 8 amide bonds. The normalized spacial score (nSPS) is 26.5. The van der Waals surface area contributed by atoms with Gasteiger partial charge in [-0.1, -0.05) is 40.2 Å². The number of thioether (sulfide) groups is 1. The van der Waals surface area contributed by atoms with Crippen LogP contribution in [0.3, 0.4) is 0 Å². The molecule has 71 heavy (non-hydrogen) atoms. The number of methoxy groups -OCH3 is 1. The fourth-order valence-corrected chi connectivity index (χ4v) is 10.7. The molecule has 0 saturated carbocycles. The molecule has 0 aromatic heterocycles. The van der Waals surface area contributed by atoms with Crippen LogP contribution in [-0.4, -0.2) is 176 Å². The molecule has 402 valence electrons. The number of aliphatic hydroxyl groups excluding tert-OH is 3. The van der Waals surface area contributed by atoms with E-state index in [1.165, 1.54) is 33.1 Å². The minimum Gasteiger partial charge on any atom is -0.615 e. The maximum Gasteiger partial charge on any atom is 0.248 e. The van der Waals surface area contributed by atoms with Crippen molar-refractivity contribution in [2.75, 3.05) is 51.4 Å². The van der Waals surface area contributed by atoms with E-state index in [4.69, 9.17) is 21.9 Å². The highest BCUT2D eigenvalue weighted by Crippen LogP contribution is 2.33. The van der Waals surface area contributed by atoms with Gasteiger partial charge in [-0.25, -0.2) is 0 Å². The Morgan fingerprint density at radius 3 is 2.34 bits per heavy atom. The molecule has 0 radical (unpaired) electrons. The zero-order valence-electron chi connectivity index (χ0n) is 41.4. The van der Waals surface area contributed by atoms with Crippen LogP contribution in [0, 0.1) is 17.8 Å². The number of aliphatic hydroxyl groups is 3. The number of carbonyl (C=O) groups is 9. The first-order valence-corrected chi connectivity index (χ1v) is 26.1. The first-order valence-electron chi connectivity index (χ1n) is 23.7. The minimum atomic E-state index is -2.45. The van der Waals surface area contributed by atoms with Crippen LogP contribution in [0.5, 0.6) is 0 Å². The minimum absolute atomic E-state index is 0.239. The van der Waals surface area contributed by atoms with Crippen LogP contribution in [0.25, 0.3) is 0 Å². The molecule has 2 aliphatic rings. The molecule has 0 bridgehead atoms. The van der Waals surface area contributed by atoms with Crippen molar-refractivity contribution in [1.82, 2.24) is 36.8 Å². The van der Waals surface area contributed by atoms with Crippen molar-refractivity contribution >= 4 is 76.0 Å². The Hall–Kier alpha value is -4.83. The lowest BCUT2D eigenvalue weighted by Crippen LogP contribution is -2.66. The number of primary amides is 1. The fraction of sp³-hybridized carbons (Fsp3) is 0.711. The summed E-state index contributed by atoms with van der Waals surface area (Å²) in [4.78, 5) is 120. The molecule has 12 atom stereocenters. The average Bonchev–Trinajstić information content (AvgIpc) is 3.74. The lowest BCUT2D eigenvalue weighted by Gasteiger charge is -2.40. The lowest BCUT2D eigenvalue weighted by atomic mass is 9.86. The summed E-state index contributed by atoms with van der Waals surface area (Å²) >= 11 is -1.42. The molecular weight excluding hydrogens is 969 g/mol. The number of ether oxygens (including phenoxy) is 1. The van der Waals surface area contributed by atoms with Gasteiger partial charge in [0.15, 0.2) is 16.7 Å². The average molecular weight is 1050 g/mol. The number of nitrogens with zero attached hydrogens (tertiary/aromatic N) is 1. The number of hydrogen-bond acceptors (Lipinski definition) is 17. The number of rotatable bonds is 25. The topological polar surface area (TPSA) is 400 Å². The highest BCUT2D eigenvalue weighted by Gasteiger charge is 2.49. The van der Waals surface area contributed by atoms with E-state index in [0.29, 0.717) is 38.0 Å². The molecule has 15 N–H and O–H groups in total. The van der Waals surface area contributed by atoms with Gasteiger partial charge >= 0.3 is 0 Å². The van der Waals surface area contributed by atoms with E-state index in [-0.39, 0.29) is 31.1 Å². The quantitative estimate of drug-likeness (QED) is 0.0182. The monoisotopic (exact) mass is 1040 g/mol. The molecule has 0 spiro atoms. The largest absolute Gasteiger partial charge is 0.615 e. The maximum atomic E-state index is 14.9. The van der Waals surface area contributed by atoms with Gasteiger partial charge in [0, 0.05) is 51.0 Å². The Labute approximate surface area is 422 Å². The Morgan fingerprint density at radius 1 is 1.06 bits per heavy atom. The number of amides is 8. The van der Waals surface area contributed by atoms with Crippen LogP contribution in [0.2, 0.25) is 0 Å². The van der Waals surface area contributed by atoms with Crippen molar-refractivity contribution < 1.29 is 67.8 Å². The number of allylic oxidation sites excluding steroid dienone is 3. The van der Waals surface area contributed by atoms with E-state index in [1.54, 1.807) is 19.9 Å². The highest BCUT2D eigenvalue weighted by molar-refractivity contribution is 8.02. The molecule has 3 unspecified atom stereocenters. The highest BCUT2D eigenvalue weighted by atomic mass is 32.2. The van der Waals surface area contributed by atoms with E-state index in [1.807, 2.05) is 6.92 Å². The second kappa shape index (κ2) is 30.9. The summed E-state index contributed by atoms with van der Waals surface area (Å²) in [7, 11) is 1.44. The van der Waals surface area contributed by atoms with Crippen molar-refractivity contribution in [1.29, 1.82) is 0 Å². The first-order chi connectivity index (χ1) is 33.5. The second-order valence-corrected chi connectivity index (χ2v) is 20.7. The Kier molecular flexibility index (Phi) is 27.1. The predicted octanol–water partition coefficient (Wildman–Crippen LogP) is -3.64.